The fraction of sp³-hybridized carbons (Fsp3) is 0.250. The number of nitrogen functional groups attached to an aromatic ring is 1. The fourth-order valence-electron chi connectivity index (χ4n) is 3.08. The van der Waals surface area contributed by atoms with Crippen LogP contribution in [0.3, 0.4) is 0 Å². The molecule has 0 saturated carbocycles. The number of carboxylic acids is 1. The van der Waals surface area contributed by atoms with Crippen molar-refractivity contribution in [3.05, 3.63) is 59.7 Å². The van der Waals surface area contributed by atoms with Crippen molar-refractivity contribution in [2.24, 2.45) is 5.73 Å². The summed E-state index contributed by atoms with van der Waals surface area (Å²) in [6.45, 7) is 0.399. The van der Waals surface area contributed by atoms with Gasteiger partial charge < -0.3 is 24.9 Å². The van der Waals surface area contributed by atoms with Gasteiger partial charge in [-0.05, 0) is 48.4 Å². The molecule has 5 N–H and O–H groups in total. The van der Waals surface area contributed by atoms with Crippen molar-refractivity contribution in [2.45, 2.75) is 18.6 Å². The number of anilines is 1. The summed E-state index contributed by atoms with van der Waals surface area (Å²) in [6.07, 6.45) is -1.03. The minimum Gasteiger partial charge on any atom is -0.760 e. The summed E-state index contributed by atoms with van der Waals surface area (Å²) >= 11 is -2.69. The summed E-state index contributed by atoms with van der Waals surface area (Å²) in [7, 11) is 0. The molecule has 1 fully saturated rings. The summed E-state index contributed by atoms with van der Waals surface area (Å²) in [6, 6.07) is 11.9. The Hall–Kier alpha value is -3.48. The number of nitrogens with zero attached hydrogens (tertiary/aromatic N) is 1. The lowest BCUT2D eigenvalue weighted by molar-refractivity contribution is -0.138. The van der Waals surface area contributed by atoms with Gasteiger partial charge in [-0.25, -0.2) is 9.52 Å². The smallest absolute Gasteiger partial charge is 0.414 e. The third-order valence-electron chi connectivity index (χ3n) is 4.70. The number of nitrogens with one attached hydrogen (secondary N) is 2. The van der Waals surface area contributed by atoms with Gasteiger partial charge in [-0.15, -0.1) is 0 Å². The van der Waals surface area contributed by atoms with Gasteiger partial charge in [0.25, 0.3) is 0 Å². The van der Waals surface area contributed by atoms with E-state index in [-0.39, 0.29) is 25.4 Å². The van der Waals surface area contributed by atoms with Gasteiger partial charge in [0.05, 0.1) is 6.54 Å². The first-order valence-electron chi connectivity index (χ1n) is 9.45. The number of rotatable bonds is 10. The van der Waals surface area contributed by atoms with Crippen LogP contribution in [0, 0.1) is 5.41 Å². The number of carboxylic acid groups (broad SMARTS) is 1. The van der Waals surface area contributed by atoms with Gasteiger partial charge in [-0.2, -0.15) is 0 Å². The van der Waals surface area contributed by atoms with E-state index in [2.05, 4.69) is 0 Å². The zero-order valence-corrected chi connectivity index (χ0v) is 17.5. The van der Waals surface area contributed by atoms with Crippen LogP contribution >= 0.6 is 0 Å². The van der Waals surface area contributed by atoms with E-state index in [0.717, 1.165) is 0 Å². The molecule has 3 atom stereocenters. The lowest BCUT2D eigenvalue weighted by atomic mass is 10.1. The van der Waals surface area contributed by atoms with Crippen LogP contribution in [0.2, 0.25) is 0 Å². The molecule has 12 heteroatoms. The van der Waals surface area contributed by atoms with E-state index in [9.17, 15) is 18.4 Å². The van der Waals surface area contributed by atoms with E-state index >= 15 is 0 Å². The number of amidine groups is 1. The van der Waals surface area contributed by atoms with Crippen molar-refractivity contribution in [3.8, 4) is 5.75 Å². The van der Waals surface area contributed by atoms with Crippen molar-refractivity contribution in [3.63, 3.8) is 0 Å². The number of cyclic esters (lactones) is 1. The molecule has 1 aliphatic rings. The van der Waals surface area contributed by atoms with Crippen LogP contribution in [0.4, 0.5) is 10.5 Å². The number of hydrogen-bond acceptors (Lipinski definition) is 7. The molecule has 3 unspecified atom stereocenters. The first-order chi connectivity index (χ1) is 15.2. The lowest BCUT2D eigenvalue weighted by Crippen LogP contribution is -2.39. The average Bonchev–Trinajstić information content (AvgIpc) is 3.13. The van der Waals surface area contributed by atoms with Gasteiger partial charge in [0.15, 0.2) is 6.10 Å². The number of amides is 1. The predicted molar refractivity (Wildman–Crippen MR) is 114 cm³/mol. The molecule has 2 aromatic carbocycles. The van der Waals surface area contributed by atoms with Crippen LogP contribution in [0.15, 0.2) is 48.5 Å². The van der Waals surface area contributed by atoms with Crippen LogP contribution in [-0.2, 0) is 27.2 Å². The van der Waals surface area contributed by atoms with E-state index < -0.39 is 35.5 Å². The van der Waals surface area contributed by atoms with Crippen molar-refractivity contribution in [2.75, 3.05) is 18.1 Å². The van der Waals surface area contributed by atoms with Gasteiger partial charge in [0.2, 0.25) is 0 Å². The van der Waals surface area contributed by atoms with Gasteiger partial charge in [-0.3, -0.25) is 19.3 Å². The molecule has 11 nitrogen and oxygen atoms in total. The fourth-order valence-corrected chi connectivity index (χ4v) is 3.50. The minimum atomic E-state index is -2.69. The van der Waals surface area contributed by atoms with Crippen LogP contribution in [0.25, 0.3) is 0 Å². The summed E-state index contributed by atoms with van der Waals surface area (Å²) in [5, 5.41) is 16.5. The monoisotopic (exact) mass is 461 g/mol. The molecule has 0 aliphatic carbocycles. The maximum atomic E-state index is 12.2. The maximum absolute atomic E-state index is 12.2. The molecule has 0 radical (unpaired) electrons. The number of benzene rings is 2. The number of carbonyl (C=O) groups excluding carboxylic acids is 1. The van der Waals surface area contributed by atoms with Gasteiger partial charge in [-0.1, -0.05) is 12.1 Å². The van der Waals surface area contributed by atoms with Crippen LogP contribution in [-0.4, -0.2) is 57.1 Å². The summed E-state index contributed by atoms with van der Waals surface area (Å²) < 4.78 is 34.3. The molecule has 1 aliphatic heterocycles. The molecule has 170 valence electrons. The third-order valence-corrected chi connectivity index (χ3v) is 5.18. The van der Waals surface area contributed by atoms with Crippen LogP contribution in [0.1, 0.15) is 11.1 Å². The number of carbonyl (C=O) groups is 2. The van der Waals surface area contributed by atoms with Crippen molar-refractivity contribution >= 4 is 34.9 Å². The highest BCUT2D eigenvalue weighted by Crippen LogP contribution is 2.23. The standard InChI is InChI=1S/C20H22N4O7S/c21-18(22)13-3-5-14(6-4-13)24-10-16(31-20(24)27)11-30-15-7-1-12(2-8-15)9-17(19(25)26)23-32(28)29/h1-8,16-17,23H,9-11H2,(H3,21,22)(H,25,26)(H,28,29)/p-1. The van der Waals surface area contributed by atoms with Gasteiger partial charge >= 0.3 is 12.1 Å². The summed E-state index contributed by atoms with van der Waals surface area (Å²) in [5.41, 5.74) is 7.21. The molecule has 32 heavy (non-hydrogen) atoms. The Morgan fingerprint density at radius 3 is 2.53 bits per heavy atom. The van der Waals surface area contributed by atoms with Gasteiger partial charge in [0.1, 0.15) is 24.2 Å². The van der Waals surface area contributed by atoms with Crippen LogP contribution in [0.5, 0.6) is 5.75 Å². The van der Waals surface area contributed by atoms with Crippen molar-refractivity contribution < 1.29 is 32.9 Å². The molecule has 3 rings (SSSR count). The predicted octanol–water partition coefficient (Wildman–Crippen LogP) is 0.754. The normalized spacial score (nSPS) is 17.5. The molecule has 0 aromatic heterocycles. The topological polar surface area (TPSA) is 178 Å². The highest BCUT2D eigenvalue weighted by atomic mass is 32.2. The highest BCUT2D eigenvalue weighted by Gasteiger charge is 2.32. The molecular formula is C20H21N4O7S-. The van der Waals surface area contributed by atoms with E-state index in [1.54, 1.807) is 48.5 Å². The SMILES string of the molecule is N=C(N)c1ccc(N2CC(COc3ccc(CC(NS(=O)[O-])C(=O)O)cc3)OC2=O)cc1. The first-order valence-corrected chi connectivity index (χ1v) is 10.5. The Bertz CT molecular complexity index is 1010. The zero-order valence-electron chi connectivity index (χ0n) is 16.7. The maximum Gasteiger partial charge on any atom is 0.414 e. The molecule has 1 heterocycles. The Balaban J connectivity index is 1.53. The number of aliphatic carboxylic acids is 1. The molecule has 2 aromatic rings. The number of hydrogen-bond donors (Lipinski definition) is 4. The lowest BCUT2D eigenvalue weighted by Gasteiger charge is -2.16. The second kappa shape index (κ2) is 10.2. The van der Waals surface area contributed by atoms with E-state index in [1.165, 1.54) is 4.90 Å². The van der Waals surface area contributed by atoms with E-state index in [4.69, 9.17) is 25.7 Å². The third kappa shape index (κ3) is 6.03. The van der Waals surface area contributed by atoms with Crippen LogP contribution < -0.4 is 20.1 Å². The first kappa shape index (κ1) is 23.2. The number of ether oxygens (including phenoxy) is 2. The van der Waals surface area contributed by atoms with Crippen molar-refractivity contribution in [1.29, 1.82) is 5.41 Å². The highest BCUT2D eigenvalue weighted by molar-refractivity contribution is 7.77. The number of nitrogens with two attached hydrogens (primary N) is 1. The van der Waals surface area contributed by atoms with Gasteiger partial charge in [0, 0.05) is 22.5 Å². The quantitative estimate of drug-likeness (QED) is 0.227. The van der Waals surface area contributed by atoms with E-state index in [1.807, 2.05) is 4.72 Å². The van der Waals surface area contributed by atoms with E-state index in [0.29, 0.717) is 22.6 Å². The molecular weight excluding hydrogens is 440 g/mol. The summed E-state index contributed by atoms with van der Waals surface area (Å²) in [4.78, 5) is 24.8. The Kier molecular flexibility index (Phi) is 7.41. The zero-order chi connectivity index (χ0) is 23.3. The Morgan fingerprint density at radius 1 is 1.31 bits per heavy atom. The molecule has 0 spiro atoms. The second-order valence-corrected chi connectivity index (χ2v) is 7.68. The summed E-state index contributed by atoms with van der Waals surface area (Å²) in [5.74, 6) is -0.854. The molecule has 1 saturated heterocycles. The molecule has 1 amide bonds. The largest absolute Gasteiger partial charge is 0.760 e. The second-order valence-electron chi connectivity index (χ2n) is 6.98. The molecule has 0 bridgehead atoms. The average molecular weight is 461 g/mol. The van der Waals surface area contributed by atoms with Crippen molar-refractivity contribution in [1.82, 2.24) is 4.72 Å². The Morgan fingerprint density at radius 2 is 1.97 bits per heavy atom. The minimum absolute atomic E-state index is 0.0266. The Labute approximate surface area is 186 Å².